The Morgan fingerprint density at radius 1 is 1.15 bits per heavy atom. The van der Waals surface area contributed by atoms with Crippen molar-refractivity contribution < 1.29 is 13.5 Å². The molecule has 0 radical (unpaired) electrons. The van der Waals surface area contributed by atoms with Crippen molar-refractivity contribution in [2.45, 2.75) is 16.0 Å². The van der Waals surface area contributed by atoms with Gasteiger partial charge in [-0.1, -0.05) is 11.3 Å². The standard InChI is InChI=1S/C17H12FN5O2S2/c18-11-3-5-12(6-4-11)25-14-7-8-19-15(21-14)26-17-23-22-16(27-17)20-10-13-2-1-9-24-13/h1-9H,10H2,(H,20,22). The summed E-state index contributed by atoms with van der Waals surface area (Å²) in [7, 11) is 0. The molecule has 3 aromatic heterocycles. The Hall–Kier alpha value is -2.98. The lowest BCUT2D eigenvalue weighted by molar-refractivity contribution is 0.454. The van der Waals surface area contributed by atoms with Gasteiger partial charge in [0.15, 0.2) is 9.50 Å². The Bertz CT molecular complexity index is 1010. The molecule has 4 rings (SSSR count). The number of aromatic nitrogens is 4. The third-order valence-corrected chi connectivity index (χ3v) is 5.03. The van der Waals surface area contributed by atoms with Crippen molar-refractivity contribution >= 4 is 28.2 Å². The maximum atomic E-state index is 13.0. The van der Waals surface area contributed by atoms with Gasteiger partial charge in [-0.3, -0.25) is 0 Å². The molecule has 3 heterocycles. The molecule has 136 valence electrons. The molecule has 10 heteroatoms. The van der Waals surface area contributed by atoms with Crippen LogP contribution in [0.15, 0.2) is 68.8 Å². The van der Waals surface area contributed by atoms with E-state index >= 15 is 0 Å². The van der Waals surface area contributed by atoms with E-state index in [1.165, 1.54) is 47.4 Å². The minimum Gasteiger partial charge on any atom is -0.467 e. The zero-order chi connectivity index (χ0) is 18.5. The predicted octanol–water partition coefficient (Wildman–Crippen LogP) is 4.62. The van der Waals surface area contributed by atoms with E-state index in [1.807, 2.05) is 12.1 Å². The minimum atomic E-state index is -0.325. The zero-order valence-corrected chi connectivity index (χ0v) is 15.3. The number of hydrogen-bond donors (Lipinski definition) is 1. The van der Waals surface area contributed by atoms with Gasteiger partial charge in [0.1, 0.15) is 17.3 Å². The van der Waals surface area contributed by atoms with Crippen LogP contribution >= 0.6 is 23.1 Å². The number of ether oxygens (including phenoxy) is 1. The number of nitrogens with one attached hydrogen (secondary N) is 1. The average molecular weight is 401 g/mol. The number of hydrogen-bond acceptors (Lipinski definition) is 9. The first-order valence-corrected chi connectivity index (χ1v) is 9.42. The maximum absolute atomic E-state index is 13.0. The van der Waals surface area contributed by atoms with Crippen molar-refractivity contribution in [2.75, 3.05) is 5.32 Å². The van der Waals surface area contributed by atoms with Gasteiger partial charge in [-0.25, -0.2) is 9.37 Å². The summed E-state index contributed by atoms with van der Waals surface area (Å²) in [6.07, 6.45) is 3.21. The van der Waals surface area contributed by atoms with Crippen LogP contribution in [0.5, 0.6) is 11.6 Å². The first-order chi connectivity index (χ1) is 13.2. The molecule has 0 amide bonds. The molecule has 0 saturated carbocycles. The molecule has 0 aliphatic carbocycles. The maximum Gasteiger partial charge on any atom is 0.223 e. The molecule has 0 aliphatic rings. The molecule has 0 unspecified atom stereocenters. The molecule has 4 aromatic rings. The summed E-state index contributed by atoms with van der Waals surface area (Å²) >= 11 is 2.66. The van der Waals surface area contributed by atoms with Crippen LogP contribution in [-0.4, -0.2) is 20.2 Å². The summed E-state index contributed by atoms with van der Waals surface area (Å²) < 4.78 is 24.5. The second-order valence-electron chi connectivity index (χ2n) is 5.14. The number of furan rings is 1. The highest BCUT2D eigenvalue weighted by atomic mass is 32.2. The fraction of sp³-hybridized carbons (Fsp3) is 0.0588. The smallest absolute Gasteiger partial charge is 0.223 e. The van der Waals surface area contributed by atoms with Crippen molar-refractivity contribution in [3.63, 3.8) is 0 Å². The van der Waals surface area contributed by atoms with Crippen LogP contribution in [-0.2, 0) is 6.54 Å². The van der Waals surface area contributed by atoms with E-state index in [1.54, 1.807) is 18.5 Å². The minimum absolute atomic E-state index is 0.325. The highest BCUT2D eigenvalue weighted by molar-refractivity contribution is 8.00. The third kappa shape index (κ3) is 4.80. The molecule has 0 fully saturated rings. The average Bonchev–Trinajstić information content (AvgIpc) is 3.34. The van der Waals surface area contributed by atoms with Crippen molar-refractivity contribution in [2.24, 2.45) is 0 Å². The van der Waals surface area contributed by atoms with Crippen LogP contribution in [0.25, 0.3) is 0 Å². The van der Waals surface area contributed by atoms with Crippen molar-refractivity contribution in [3.05, 3.63) is 66.5 Å². The van der Waals surface area contributed by atoms with E-state index in [0.29, 0.717) is 32.8 Å². The topological polar surface area (TPSA) is 86.0 Å². The summed E-state index contributed by atoms with van der Waals surface area (Å²) in [5.74, 6) is 1.34. The van der Waals surface area contributed by atoms with Gasteiger partial charge in [0.25, 0.3) is 0 Å². The predicted molar refractivity (Wildman–Crippen MR) is 98.6 cm³/mol. The second kappa shape index (κ2) is 8.14. The lowest BCUT2D eigenvalue weighted by Crippen LogP contribution is -1.96. The number of benzene rings is 1. The molecular weight excluding hydrogens is 389 g/mol. The molecule has 27 heavy (non-hydrogen) atoms. The summed E-state index contributed by atoms with van der Waals surface area (Å²) in [6.45, 7) is 0.532. The fourth-order valence-electron chi connectivity index (χ4n) is 2.03. The van der Waals surface area contributed by atoms with Gasteiger partial charge in [0, 0.05) is 12.3 Å². The first kappa shape index (κ1) is 17.4. The highest BCUT2D eigenvalue weighted by Crippen LogP contribution is 2.31. The van der Waals surface area contributed by atoms with Gasteiger partial charge in [-0.2, -0.15) is 4.98 Å². The van der Waals surface area contributed by atoms with E-state index in [2.05, 4.69) is 25.5 Å². The summed E-state index contributed by atoms with van der Waals surface area (Å²) in [4.78, 5) is 8.52. The van der Waals surface area contributed by atoms with Crippen molar-refractivity contribution in [3.8, 4) is 11.6 Å². The van der Waals surface area contributed by atoms with Gasteiger partial charge in [-0.15, -0.1) is 10.2 Å². The van der Waals surface area contributed by atoms with E-state index < -0.39 is 0 Å². The van der Waals surface area contributed by atoms with Gasteiger partial charge < -0.3 is 14.5 Å². The Kier molecular flexibility index (Phi) is 5.26. The van der Waals surface area contributed by atoms with E-state index in [-0.39, 0.29) is 5.82 Å². The van der Waals surface area contributed by atoms with E-state index in [9.17, 15) is 4.39 Å². The largest absolute Gasteiger partial charge is 0.467 e. The summed E-state index contributed by atoms with van der Waals surface area (Å²) in [5, 5.41) is 12.5. The number of halogens is 1. The Morgan fingerprint density at radius 2 is 2.04 bits per heavy atom. The van der Waals surface area contributed by atoms with Gasteiger partial charge >= 0.3 is 0 Å². The molecule has 7 nitrogen and oxygen atoms in total. The van der Waals surface area contributed by atoms with Crippen LogP contribution in [0.3, 0.4) is 0 Å². The number of anilines is 1. The summed E-state index contributed by atoms with van der Waals surface area (Å²) in [6, 6.07) is 11.1. The monoisotopic (exact) mass is 401 g/mol. The van der Waals surface area contributed by atoms with Gasteiger partial charge in [-0.05, 0) is 48.2 Å². The zero-order valence-electron chi connectivity index (χ0n) is 13.7. The van der Waals surface area contributed by atoms with Crippen LogP contribution in [0.2, 0.25) is 0 Å². The Labute approximate surface area is 161 Å². The van der Waals surface area contributed by atoms with Crippen molar-refractivity contribution in [1.82, 2.24) is 20.2 Å². The van der Waals surface area contributed by atoms with Crippen LogP contribution < -0.4 is 10.1 Å². The SMILES string of the molecule is Fc1ccc(Oc2ccnc(Sc3nnc(NCc4ccco4)s3)n2)cc1. The van der Waals surface area contributed by atoms with Crippen molar-refractivity contribution in [1.29, 1.82) is 0 Å². The van der Waals surface area contributed by atoms with Crippen LogP contribution in [0.1, 0.15) is 5.76 Å². The van der Waals surface area contributed by atoms with Crippen LogP contribution in [0.4, 0.5) is 9.52 Å². The molecular formula is C17H12FN5O2S2. The Morgan fingerprint density at radius 3 is 2.85 bits per heavy atom. The molecule has 0 atom stereocenters. The first-order valence-electron chi connectivity index (χ1n) is 7.79. The van der Waals surface area contributed by atoms with Crippen LogP contribution in [0, 0.1) is 5.82 Å². The van der Waals surface area contributed by atoms with Gasteiger partial charge in [0.2, 0.25) is 11.0 Å². The lowest BCUT2D eigenvalue weighted by atomic mass is 10.3. The molecule has 1 aromatic carbocycles. The molecule has 0 spiro atoms. The second-order valence-corrected chi connectivity index (χ2v) is 7.33. The van der Waals surface area contributed by atoms with E-state index in [0.717, 1.165) is 5.76 Å². The highest BCUT2D eigenvalue weighted by Gasteiger charge is 2.10. The quantitative estimate of drug-likeness (QED) is 0.449. The summed E-state index contributed by atoms with van der Waals surface area (Å²) in [5.41, 5.74) is 0. The molecule has 0 bridgehead atoms. The third-order valence-electron chi connectivity index (χ3n) is 3.22. The van der Waals surface area contributed by atoms with Gasteiger partial charge in [0.05, 0.1) is 12.8 Å². The molecule has 0 aliphatic heterocycles. The number of nitrogens with zero attached hydrogens (tertiary/aromatic N) is 4. The molecule has 1 N–H and O–H groups in total. The fourth-order valence-corrected chi connectivity index (χ4v) is 3.62. The van der Waals surface area contributed by atoms with E-state index in [4.69, 9.17) is 9.15 Å². The Balaban J connectivity index is 1.38. The lowest BCUT2D eigenvalue weighted by Gasteiger charge is -2.05. The normalized spacial score (nSPS) is 10.7. The molecule has 0 saturated heterocycles. The number of rotatable bonds is 7.